The predicted octanol–water partition coefficient (Wildman–Crippen LogP) is 3.45. The van der Waals surface area contributed by atoms with Crippen LogP contribution in [0.4, 0.5) is 5.69 Å². The maximum absolute atomic E-state index is 4.39. The van der Waals surface area contributed by atoms with Crippen molar-refractivity contribution in [2.75, 3.05) is 19.0 Å². The van der Waals surface area contributed by atoms with E-state index in [-0.39, 0.29) is 0 Å². The van der Waals surface area contributed by atoms with Gasteiger partial charge in [0.1, 0.15) is 5.01 Å². The Kier molecular flexibility index (Phi) is 4.93. The van der Waals surface area contributed by atoms with Crippen molar-refractivity contribution in [2.45, 2.75) is 25.9 Å². The third kappa shape index (κ3) is 3.78. The summed E-state index contributed by atoms with van der Waals surface area (Å²) in [5.74, 6) is 0. The van der Waals surface area contributed by atoms with Crippen molar-refractivity contribution in [3.8, 4) is 0 Å². The number of hydrogen-bond acceptors (Lipinski definition) is 4. The van der Waals surface area contributed by atoms with E-state index >= 15 is 0 Å². The molecule has 0 saturated carbocycles. The Labute approximate surface area is 119 Å². The molecule has 2 aromatic rings. The lowest BCUT2D eigenvalue weighted by Gasteiger charge is -2.16. The standard InChI is InChI=1S/C15H21N3S/c1-4-14(15-16-9-10-19-15)17-11-12-5-7-13(8-6-12)18(2)3/h5-10,14,17H,4,11H2,1-3H3. The molecule has 1 N–H and O–H groups in total. The van der Waals surface area contributed by atoms with E-state index in [0.29, 0.717) is 6.04 Å². The summed E-state index contributed by atoms with van der Waals surface area (Å²) < 4.78 is 0. The lowest BCUT2D eigenvalue weighted by molar-refractivity contribution is 0.516. The first-order chi connectivity index (χ1) is 9.20. The Balaban J connectivity index is 1.94. The topological polar surface area (TPSA) is 28.2 Å². The molecule has 0 amide bonds. The van der Waals surface area contributed by atoms with E-state index in [4.69, 9.17) is 0 Å². The van der Waals surface area contributed by atoms with Gasteiger partial charge >= 0.3 is 0 Å². The fourth-order valence-corrected chi connectivity index (χ4v) is 2.76. The highest BCUT2D eigenvalue weighted by Gasteiger charge is 2.10. The molecular weight excluding hydrogens is 254 g/mol. The lowest BCUT2D eigenvalue weighted by atomic mass is 10.1. The van der Waals surface area contributed by atoms with E-state index < -0.39 is 0 Å². The maximum Gasteiger partial charge on any atom is 0.109 e. The first-order valence-corrected chi connectivity index (χ1v) is 7.47. The molecule has 0 aliphatic rings. The molecule has 1 aromatic carbocycles. The summed E-state index contributed by atoms with van der Waals surface area (Å²) in [5.41, 5.74) is 2.54. The van der Waals surface area contributed by atoms with Gasteiger partial charge in [-0.2, -0.15) is 0 Å². The van der Waals surface area contributed by atoms with Gasteiger partial charge in [-0.1, -0.05) is 19.1 Å². The van der Waals surface area contributed by atoms with Crippen LogP contribution >= 0.6 is 11.3 Å². The maximum atomic E-state index is 4.39. The monoisotopic (exact) mass is 275 g/mol. The summed E-state index contributed by atoms with van der Waals surface area (Å²) in [5, 5.41) is 6.78. The molecule has 1 heterocycles. The highest BCUT2D eigenvalue weighted by molar-refractivity contribution is 7.09. The van der Waals surface area contributed by atoms with Crippen LogP contribution in [0.15, 0.2) is 35.8 Å². The van der Waals surface area contributed by atoms with Crippen LogP contribution in [-0.4, -0.2) is 19.1 Å². The number of anilines is 1. The molecule has 3 nitrogen and oxygen atoms in total. The van der Waals surface area contributed by atoms with Crippen molar-refractivity contribution in [3.63, 3.8) is 0 Å². The summed E-state index contributed by atoms with van der Waals surface area (Å²) in [7, 11) is 4.12. The number of benzene rings is 1. The largest absolute Gasteiger partial charge is 0.378 e. The Hall–Kier alpha value is -1.39. The third-order valence-corrected chi connectivity index (χ3v) is 4.05. The van der Waals surface area contributed by atoms with Gasteiger partial charge in [0.15, 0.2) is 0 Å². The van der Waals surface area contributed by atoms with Gasteiger partial charge in [-0.25, -0.2) is 4.98 Å². The van der Waals surface area contributed by atoms with E-state index in [1.54, 1.807) is 11.3 Å². The normalized spacial score (nSPS) is 12.4. The zero-order chi connectivity index (χ0) is 13.7. The molecule has 1 atom stereocenters. The van der Waals surface area contributed by atoms with E-state index in [9.17, 15) is 0 Å². The molecule has 0 aliphatic heterocycles. The summed E-state index contributed by atoms with van der Waals surface area (Å²) in [4.78, 5) is 6.50. The van der Waals surface area contributed by atoms with Crippen molar-refractivity contribution in [1.29, 1.82) is 0 Å². The molecule has 19 heavy (non-hydrogen) atoms. The van der Waals surface area contributed by atoms with Gasteiger partial charge in [0.2, 0.25) is 0 Å². The average Bonchev–Trinajstić information content (AvgIpc) is 2.94. The molecular formula is C15H21N3S. The molecule has 0 saturated heterocycles. The minimum Gasteiger partial charge on any atom is -0.378 e. The molecule has 0 fully saturated rings. The molecule has 0 spiro atoms. The zero-order valence-corrected chi connectivity index (χ0v) is 12.6. The van der Waals surface area contributed by atoms with Gasteiger partial charge in [-0.3, -0.25) is 0 Å². The molecule has 2 rings (SSSR count). The summed E-state index contributed by atoms with van der Waals surface area (Å²) in [6, 6.07) is 9.02. The van der Waals surface area contributed by atoms with Crippen molar-refractivity contribution in [2.24, 2.45) is 0 Å². The molecule has 0 radical (unpaired) electrons. The van der Waals surface area contributed by atoms with Crippen molar-refractivity contribution in [3.05, 3.63) is 46.4 Å². The first kappa shape index (κ1) is 14.0. The smallest absolute Gasteiger partial charge is 0.109 e. The SMILES string of the molecule is CCC(NCc1ccc(N(C)C)cc1)c1nccs1. The van der Waals surface area contributed by atoms with Crippen LogP contribution in [0.25, 0.3) is 0 Å². The fraction of sp³-hybridized carbons (Fsp3) is 0.400. The van der Waals surface area contributed by atoms with Gasteiger partial charge in [0.25, 0.3) is 0 Å². The zero-order valence-electron chi connectivity index (χ0n) is 11.8. The van der Waals surface area contributed by atoms with Crippen LogP contribution in [0.3, 0.4) is 0 Å². The highest BCUT2D eigenvalue weighted by Crippen LogP contribution is 2.19. The molecule has 1 unspecified atom stereocenters. The number of aromatic nitrogens is 1. The molecule has 102 valence electrons. The average molecular weight is 275 g/mol. The first-order valence-electron chi connectivity index (χ1n) is 6.59. The van der Waals surface area contributed by atoms with Gasteiger partial charge in [0.05, 0.1) is 6.04 Å². The van der Waals surface area contributed by atoms with Crippen molar-refractivity contribution >= 4 is 17.0 Å². The predicted molar refractivity (Wildman–Crippen MR) is 82.8 cm³/mol. The molecule has 1 aromatic heterocycles. The van der Waals surface area contributed by atoms with Crippen LogP contribution in [0.5, 0.6) is 0 Å². The highest BCUT2D eigenvalue weighted by atomic mass is 32.1. The lowest BCUT2D eigenvalue weighted by Crippen LogP contribution is -2.20. The summed E-state index contributed by atoms with van der Waals surface area (Å²) >= 11 is 1.72. The second-order valence-corrected chi connectivity index (χ2v) is 5.70. The summed E-state index contributed by atoms with van der Waals surface area (Å²) in [6.45, 7) is 3.07. The fourth-order valence-electron chi connectivity index (χ4n) is 1.97. The second kappa shape index (κ2) is 6.68. The summed E-state index contributed by atoms with van der Waals surface area (Å²) in [6.07, 6.45) is 2.93. The van der Waals surface area contributed by atoms with Crippen molar-refractivity contribution in [1.82, 2.24) is 10.3 Å². The van der Waals surface area contributed by atoms with Crippen LogP contribution in [0, 0.1) is 0 Å². The molecule has 4 heteroatoms. The Morgan fingerprint density at radius 2 is 2.00 bits per heavy atom. The number of nitrogens with one attached hydrogen (secondary N) is 1. The van der Waals surface area contributed by atoms with Crippen LogP contribution in [-0.2, 0) is 6.54 Å². The minimum absolute atomic E-state index is 0.355. The van der Waals surface area contributed by atoms with Crippen LogP contribution < -0.4 is 10.2 Å². The number of hydrogen-bond donors (Lipinski definition) is 1. The van der Waals surface area contributed by atoms with E-state index in [1.807, 2.05) is 11.6 Å². The second-order valence-electron chi connectivity index (χ2n) is 4.77. The molecule has 0 bridgehead atoms. The Morgan fingerprint density at radius 1 is 1.26 bits per heavy atom. The van der Waals surface area contributed by atoms with Gasteiger partial charge in [-0.15, -0.1) is 11.3 Å². The number of rotatable bonds is 6. The number of nitrogens with zero attached hydrogens (tertiary/aromatic N) is 2. The number of thiazole rings is 1. The van der Waals surface area contributed by atoms with E-state index in [1.165, 1.54) is 16.3 Å². The van der Waals surface area contributed by atoms with Gasteiger partial charge < -0.3 is 10.2 Å². The van der Waals surface area contributed by atoms with E-state index in [2.05, 4.69) is 60.5 Å². The van der Waals surface area contributed by atoms with Gasteiger partial charge in [-0.05, 0) is 24.1 Å². The van der Waals surface area contributed by atoms with Crippen LogP contribution in [0.1, 0.15) is 30.0 Å². The Morgan fingerprint density at radius 3 is 2.53 bits per heavy atom. The van der Waals surface area contributed by atoms with Gasteiger partial charge in [0, 0.05) is 37.9 Å². The van der Waals surface area contributed by atoms with Crippen LogP contribution in [0.2, 0.25) is 0 Å². The molecule has 0 aliphatic carbocycles. The van der Waals surface area contributed by atoms with E-state index in [0.717, 1.165) is 13.0 Å². The minimum atomic E-state index is 0.355. The van der Waals surface area contributed by atoms with Crippen molar-refractivity contribution < 1.29 is 0 Å². The third-order valence-electron chi connectivity index (χ3n) is 3.16. The Bertz CT molecular complexity index is 477. The quantitative estimate of drug-likeness (QED) is 0.875.